The van der Waals surface area contributed by atoms with Gasteiger partial charge in [-0.25, -0.2) is 16.8 Å². The number of rotatable bonds is 6. The quantitative estimate of drug-likeness (QED) is 0.469. The summed E-state index contributed by atoms with van der Waals surface area (Å²) in [7, 11) is -7.71. The molecule has 0 bridgehead atoms. The second kappa shape index (κ2) is 7.43. The number of aromatic nitrogens is 2. The van der Waals surface area contributed by atoms with Crippen LogP contribution in [0.15, 0.2) is 82.6 Å². The normalized spacial score (nSPS) is 12.0. The molecule has 1 aromatic heterocycles. The molecule has 29 heavy (non-hydrogen) atoms. The fourth-order valence-corrected chi connectivity index (χ4v) is 5.52. The van der Waals surface area contributed by atoms with Crippen LogP contribution in [-0.2, 0) is 20.0 Å². The van der Waals surface area contributed by atoms with E-state index in [0.29, 0.717) is 11.2 Å². The predicted octanol–water partition coefficient (Wildman–Crippen LogP) is 3.29. The number of sulfonamides is 2. The fraction of sp³-hybridized carbons (Fsp3) is 0. The molecule has 3 aromatic carbocycles. The van der Waals surface area contributed by atoms with Crippen LogP contribution in [0.1, 0.15) is 0 Å². The highest BCUT2D eigenvalue weighted by Crippen LogP contribution is 2.24. The van der Waals surface area contributed by atoms with Crippen molar-refractivity contribution in [1.82, 2.24) is 8.75 Å². The van der Waals surface area contributed by atoms with Crippen LogP contribution in [0.3, 0.4) is 0 Å². The molecule has 0 amide bonds. The standard InChI is InChI=1S/C18H14N4O4S3/c23-28(24,21-13-5-2-1-3-6-13)15-11-9-14(10-12-15)22-29(25,26)17-8-4-7-16-18(17)20-27-19-16/h1-12,21-22H. The highest BCUT2D eigenvalue weighted by atomic mass is 32.2. The molecule has 2 N–H and O–H groups in total. The Bertz CT molecular complexity index is 1370. The molecule has 0 atom stereocenters. The molecule has 1 heterocycles. The van der Waals surface area contributed by atoms with Crippen molar-refractivity contribution >= 4 is 54.2 Å². The lowest BCUT2D eigenvalue weighted by molar-refractivity contribution is 0.600. The third-order valence-electron chi connectivity index (χ3n) is 3.98. The van der Waals surface area contributed by atoms with E-state index in [9.17, 15) is 16.8 Å². The average Bonchev–Trinajstić information content (AvgIpc) is 3.17. The van der Waals surface area contributed by atoms with E-state index in [1.165, 1.54) is 30.3 Å². The Morgan fingerprint density at radius 2 is 1.31 bits per heavy atom. The third-order valence-corrected chi connectivity index (χ3v) is 7.33. The number of hydrogen-bond acceptors (Lipinski definition) is 7. The molecule has 148 valence electrons. The van der Waals surface area contributed by atoms with Crippen LogP contribution in [0.4, 0.5) is 11.4 Å². The first kappa shape index (κ1) is 19.3. The minimum atomic E-state index is -3.92. The Balaban J connectivity index is 1.57. The van der Waals surface area contributed by atoms with Crippen LogP contribution < -0.4 is 9.44 Å². The number of nitrogens with zero attached hydrogens (tertiary/aromatic N) is 2. The molecule has 0 radical (unpaired) electrons. The van der Waals surface area contributed by atoms with Gasteiger partial charge in [-0.3, -0.25) is 9.44 Å². The molecular weight excluding hydrogens is 432 g/mol. The van der Waals surface area contributed by atoms with Gasteiger partial charge in [0, 0.05) is 11.4 Å². The first-order valence-corrected chi connectivity index (χ1v) is 12.0. The molecule has 4 aromatic rings. The van der Waals surface area contributed by atoms with Crippen LogP contribution in [0, 0.1) is 0 Å². The lowest BCUT2D eigenvalue weighted by Crippen LogP contribution is -2.15. The van der Waals surface area contributed by atoms with Gasteiger partial charge >= 0.3 is 0 Å². The molecule has 0 saturated carbocycles. The van der Waals surface area contributed by atoms with E-state index in [1.54, 1.807) is 42.5 Å². The van der Waals surface area contributed by atoms with E-state index in [0.717, 1.165) is 11.7 Å². The van der Waals surface area contributed by atoms with Crippen LogP contribution in [0.2, 0.25) is 0 Å². The smallest absolute Gasteiger partial charge is 0.264 e. The summed E-state index contributed by atoms with van der Waals surface area (Å²) in [6, 6.07) is 18.6. The van der Waals surface area contributed by atoms with Crippen LogP contribution >= 0.6 is 11.7 Å². The van der Waals surface area contributed by atoms with Gasteiger partial charge in [0.25, 0.3) is 20.0 Å². The highest BCUT2D eigenvalue weighted by molar-refractivity contribution is 7.93. The maximum Gasteiger partial charge on any atom is 0.264 e. The summed E-state index contributed by atoms with van der Waals surface area (Å²) in [6.07, 6.45) is 0. The number of para-hydroxylation sites is 1. The Kier molecular flexibility index (Phi) is 4.94. The molecule has 8 nitrogen and oxygen atoms in total. The summed E-state index contributed by atoms with van der Waals surface area (Å²) >= 11 is 0.929. The molecular formula is C18H14N4O4S3. The largest absolute Gasteiger partial charge is 0.280 e. The molecule has 11 heteroatoms. The molecule has 0 aliphatic rings. The summed E-state index contributed by atoms with van der Waals surface area (Å²) in [5.74, 6) is 0. The number of fused-ring (bicyclic) bond motifs is 1. The van der Waals surface area contributed by atoms with Gasteiger partial charge in [-0.15, -0.1) is 0 Å². The van der Waals surface area contributed by atoms with Gasteiger partial charge < -0.3 is 0 Å². The van der Waals surface area contributed by atoms with Crippen molar-refractivity contribution in [3.63, 3.8) is 0 Å². The molecule has 0 saturated heterocycles. The minimum absolute atomic E-state index is 0.00573. The van der Waals surface area contributed by atoms with Gasteiger partial charge in [0.2, 0.25) is 0 Å². The lowest BCUT2D eigenvalue weighted by Gasteiger charge is -2.10. The SMILES string of the molecule is O=S(=O)(Nc1ccccc1)c1ccc(NS(=O)(=O)c2cccc3nsnc23)cc1. The number of hydrogen-bond donors (Lipinski definition) is 2. The van der Waals surface area contributed by atoms with Crippen molar-refractivity contribution in [2.24, 2.45) is 0 Å². The average molecular weight is 447 g/mol. The number of nitrogens with one attached hydrogen (secondary N) is 2. The second-order valence-corrected chi connectivity index (χ2v) is 9.85. The number of benzene rings is 3. The van der Waals surface area contributed by atoms with Crippen LogP contribution in [-0.4, -0.2) is 25.6 Å². The Morgan fingerprint density at radius 1 is 0.655 bits per heavy atom. The topological polar surface area (TPSA) is 118 Å². The molecule has 0 unspecified atom stereocenters. The molecule has 0 fully saturated rings. The molecule has 4 rings (SSSR count). The first-order chi connectivity index (χ1) is 13.9. The molecule has 0 aliphatic carbocycles. The summed E-state index contributed by atoms with van der Waals surface area (Å²) < 4.78 is 63.4. The maximum atomic E-state index is 12.7. The summed E-state index contributed by atoms with van der Waals surface area (Å²) in [4.78, 5) is 0.0151. The monoisotopic (exact) mass is 446 g/mol. The second-order valence-electron chi connectivity index (χ2n) is 5.99. The Morgan fingerprint density at radius 3 is 2.03 bits per heavy atom. The Labute approximate surface area is 171 Å². The third kappa shape index (κ3) is 4.06. The van der Waals surface area contributed by atoms with Crippen molar-refractivity contribution in [2.45, 2.75) is 9.79 Å². The van der Waals surface area contributed by atoms with Crippen molar-refractivity contribution in [3.05, 3.63) is 72.8 Å². The van der Waals surface area contributed by atoms with Gasteiger partial charge in [-0.2, -0.15) is 8.75 Å². The molecule has 0 aliphatic heterocycles. The van der Waals surface area contributed by atoms with Crippen LogP contribution in [0.5, 0.6) is 0 Å². The fourth-order valence-electron chi connectivity index (χ4n) is 2.63. The molecule has 0 spiro atoms. The summed E-state index contributed by atoms with van der Waals surface area (Å²) in [6.45, 7) is 0. The van der Waals surface area contributed by atoms with Crippen molar-refractivity contribution < 1.29 is 16.8 Å². The van der Waals surface area contributed by atoms with Gasteiger partial charge in [0.1, 0.15) is 15.9 Å². The first-order valence-electron chi connectivity index (χ1n) is 8.27. The van der Waals surface area contributed by atoms with Gasteiger partial charge in [-0.05, 0) is 48.5 Å². The van der Waals surface area contributed by atoms with Crippen molar-refractivity contribution in [1.29, 1.82) is 0 Å². The van der Waals surface area contributed by atoms with E-state index >= 15 is 0 Å². The predicted molar refractivity (Wildman–Crippen MR) is 112 cm³/mol. The summed E-state index contributed by atoms with van der Waals surface area (Å²) in [5, 5.41) is 0. The zero-order chi connectivity index (χ0) is 20.5. The van der Waals surface area contributed by atoms with Crippen molar-refractivity contribution in [3.8, 4) is 0 Å². The van der Waals surface area contributed by atoms with E-state index in [2.05, 4.69) is 18.2 Å². The highest BCUT2D eigenvalue weighted by Gasteiger charge is 2.20. The Hall–Kier alpha value is -3.02. The van der Waals surface area contributed by atoms with Gasteiger partial charge in [-0.1, -0.05) is 24.3 Å². The van der Waals surface area contributed by atoms with E-state index < -0.39 is 20.0 Å². The van der Waals surface area contributed by atoms with E-state index in [1.807, 2.05) is 0 Å². The van der Waals surface area contributed by atoms with Gasteiger partial charge in [0.05, 0.1) is 16.6 Å². The van der Waals surface area contributed by atoms with Crippen LogP contribution in [0.25, 0.3) is 11.0 Å². The summed E-state index contributed by atoms with van der Waals surface area (Å²) in [5.41, 5.74) is 1.44. The lowest BCUT2D eigenvalue weighted by atomic mass is 10.3. The van der Waals surface area contributed by atoms with Gasteiger partial charge in [0.15, 0.2) is 0 Å². The minimum Gasteiger partial charge on any atom is -0.280 e. The zero-order valence-electron chi connectivity index (χ0n) is 14.7. The van der Waals surface area contributed by atoms with Crippen molar-refractivity contribution in [2.75, 3.05) is 9.44 Å². The maximum absolute atomic E-state index is 12.7. The van der Waals surface area contributed by atoms with E-state index in [-0.39, 0.29) is 21.0 Å². The zero-order valence-corrected chi connectivity index (χ0v) is 17.1. The number of anilines is 2. The van der Waals surface area contributed by atoms with E-state index in [4.69, 9.17) is 0 Å².